The molecule has 126 valence electrons. The normalized spacial score (nSPS) is 15.5. The zero-order chi connectivity index (χ0) is 17.3. The lowest BCUT2D eigenvalue weighted by molar-refractivity contribution is -0.126. The van der Waals surface area contributed by atoms with Crippen molar-refractivity contribution in [2.24, 2.45) is 0 Å². The third kappa shape index (κ3) is 3.14. The van der Waals surface area contributed by atoms with Crippen molar-refractivity contribution >= 4 is 23.7 Å². The lowest BCUT2D eigenvalue weighted by Crippen LogP contribution is -2.39. The third-order valence-electron chi connectivity index (χ3n) is 3.84. The highest BCUT2D eigenvalue weighted by Crippen LogP contribution is 2.27. The van der Waals surface area contributed by atoms with E-state index in [1.807, 2.05) is 42.7 Å². The smallest absolute Gasteiger partial charge is 0.324 e. The minimum absolute atomic E-state index is 0.217. The van der Waals surface area contributed by atoms with E-state index in [1.54, 1.807) is 6.92 Å². The fourth-order valence-corrected chi connectivity index (χ4v) is 3.50. The Balaban J connectivity index is 1.82. The molecule has 1 unspecified atom stereocenters. The van der Waals surface area contributed by atoms with Gasteiger partial charge in [-0.3, -0.25) is 14.3 Å². The number of nitrogens with one attached hydrogen (secondary N) is 1. The highest BCUT2D eigenvalue weighted by Gasteiger charge is 2.31. The number of aromatic nitrogens is 3. The highest BCUT2D eigenvalue weighted by atomic mass is 32.2. The van der Waals surface area contributed by atoms with Crippen molar-refractivity contribution in [2.45, 2.75) is 31.2 Å². The van der Waals surface area contributed by atoms with Crippen LogP contribution in [-0.2, 0) is 4.79 Å². The molecule has 3 rings (SSSR count). The highest BCUT2D eigenvalue weighted by molar-refractivity contribution is 8.00. The molecule has 0 radical (unpaired) electrons. The second-order valence-electron chi connectivity index (χ2n) is 5.68. The number of urea groups is 1. The van der Waals surface area contributed by atoms with Crippen LogP contribution in [0.4, 0.5) is 4.79 Å². The molecule has 0 aliphatic carbocycles. The summed E-state index contributed by atoms with van der Waals surface area (Å²) in [7, 11) is 0. The molecule has 0 bridgehead atoms. The average Bonchev–Trinajstić information content (AvgIpc) is 3.14. The number of nitrogens with zero attached hydrogens (tertiary/aromatic N) is 4. The predicted molar refractivity (Wildman–Crippen MR) is 91.3 cm³/mol. The fourth-order valence-electron chi connectivity index (χ4n) is 2.52. The summed E-state index contributed by atoms with van der Waals surface area (Å²) in [6, 6.07) is 7.70. The first-order valence-electron chi connectivity index (χ1n) is 7.72. The Kier molecular flexibility index (Phi) is 4.57. The van der Waals surface area contributed by atoms with Crippen molar-refractivity contribution in [1.29, 1.82) is 0 Å². The van der Waals surface area contributed by atoms with Crippen LogP contribution >= 0.6 is 11.8 Å². The fraction of sp³-hybridized carbons (Fsp3) is 0.375. The van der Waals surface area contributed by atoms with Crippen LogP contribution in [0.5, 0.6) is 0 Å². The summed E-state index contributed by atoms with van der Waals surface area (Å²) in [6.07, 6.45) is 0. The molecule has 3 amide bonds. The zero-order valence-electron chi connectivity index (χ0n) is 13.8. The molecule has 1 aliphatic heterocycles. The Labute approximate surface area is 144 Å². The Hall–Kier alpha value is -2.35. The van der Waals surface area contributed by atoms with E-state index in [9.17, 15) is 9.59 Å². The van der Waals surface area contributed by atoms with Crippen LogP contribution < -0.4 is 5.32 Å². The quantitative estimate of drug-likeness (QED) is 0.856. The molecular weight excluding hydrogens is 326 g/mol. The van der Waals surface area contributed by atoms with Gasteiger partial charge >= 0.3 is 6.03 Å². The minimum atomic E-state index is -0.429. The number of carbonyl (C=O) groups is 2. The summed E-state index contributed by atoms with van der Waals surface area (Å²) in [4.78, 5) is 25.3. The van der Waals surface area contributed by atoms with E-state index in [4.69, 9.17) is 0 Å². The lowest BCUT2D eigenvalue weighted by Gasteiger charge is -2.17. The number of rotatable bonds is 4. The summed E-state index contributed by atoms with van der Waals surface area (Å²) in [5.74, 6) is 0.533. The SMILES string of the molecule is Cc1ccc(-n2c(C)nnc2SC(C)C(=O)N2CCNC2=O)cc1. The van der Waals surface area contributed by atoms with E-state index in [2.05, 4.69) is 15.5 Å². The van der Waals surface area contributed by atoms with Gasteiger partial charge in [0.2, 0.25) is 5.91 Å². The maximum Gasteiger partial charge on any atom is 0.324 e. The standard InChI is InChI=1S/C16H19N5O2S/c1-10-4-6-13(7-5-10)21-12(3)18-19-16(21)24-11(2)14(22)20-9-8-17-15(20)23/h4-7,11H,8-9H2,1-3H3,(H,17,23). The van der Waals surface area contributed by atoms with E-state index in [1.165, 1.54) is 22.2 Å². The maximum absolute atomic E-state index is 12.4. The zero-order valence-corrected chi connectivity index (χ0v) is 14.6. The van der Waals surface area contributed by atoms with Gasteiger partial charge in [-0.05, 0) is 32.9 Å². The second-order valence-corrected chi connectivity index (χ2v) is 6.99. The van der Waals surface area contributed by atoms with Crippen LogP contribution in [0.3, 0.4) is 0 Å². The molecule has 7 nitrogen and oxygen atoms in total. The van der Waals surface area contributed by atoms with Crippen molar-refractivity contribution in [1.82, 2.24) is 25.0 Å². The molecule has 1 fully saturated rings. The van der Waals surface area contributed by atoms with E-state index < -0.39 is 5.25 Å². The first-order valence-corrected chi connectivity index (χ1v) is 8.60. The Morgan fingerprint density at radius 2 is 1.96 bits per heavy atom. The van der Waals surface area contributed by atoms with E-state index in [0.29, 0.717) is 18.2 Å². The van der Waals surface area contributed by atoms with Crippen LogP contribution in [0.2, 0.25) is 0 Å². The number of aryl methyl sites for hydroxylation is 2. The summed E-state index contributed by atoms with van der Waals surface area (Å²) in [5, 5.41) is 11.2. The first-order chi connectivity index (χ1) is 11.5. The minimum Gasteiger partial charge on any atom is -0.336 e. The van der Waals surface area contributed by atoms with Crippen molar-refractivity contribution in [3.8, 4) is 5.69 Å². The van der Waals surface area contributed by atoms with E-state index in [0.717, 1.165) is 11.5 Å². The molecule has 0 spiro atoms. The molecule has 2 aromatic rings. The van der Waals surface area contributed by atoms with E-state index >= 15 is 0 Å². The predicted octanol–water partition coefficient (Wildman–Crippen LogP) is 1.92. The molecule has 24 heavy (non-hydrogen) atoms. The average molecular weight is 345 g/mol. The Morgan fingerprint density at radius 3 is 2.58 bits per heavy atom. The Bertz CT molecular complexity index is 771. The van der Waals surface area contributed by atoms with Crippen LogP contribution in [0.15, 0.2) is 29.4 Å². The summed E-state index contributed by atoms with van der Waals surface area (Å²) in [5.41, 5.74) is 2.12. The van der Waals surface area contributed by atoms with Gasteiger partial charge < -0.3 is 5.32 Å². The Morgan fingerprint density at radius 1 is 1.25 bits per heavy atom. The summed E-state index contributed by atoms with van der Waals surface area (Å²) >= 11 is 1.31. The van der Waals surface area contributed by atoms with Gasteiger partial charge in [0.25, 0.3) is 0 Å². The van der Waals surface area contributed by atoms with Gasteiger partial charge in [0.1, 0.15) is 5.82 Å². The lowest BCUT2D eigenvalue weighted by atomic mass is 10.2. The molecule has 1 aromatic carbocycles. The summed E-state index contributed by atoms with van der Waals surface area (Å²) < 4.78 is 1.91. The number of hydrogen-bond acceptors (Lipinski definition) is 5. The van der Waals surface area contributed by atoms with Gasteiger partial charge in [0, 0.05) is 18.8 Å². The number of imide groups is 1. The molecule has 1 atom stereocenters. The number of benzene rings is 1. The molecule has 1 aromatic heterocycles. The summed E-state index contributed by atoms with van der Waals surface area (Å²) in [6.45, 7) is 6.59. The molecule has 8 heteroatoms. The topological polar surface area (TPSA) is 80.1 Å². The van der Waals surface area contributed by atoms with Crippen LogP contribution in [0, 0.1) is 13.8 Å². The van der Waals surface area contributed by atoms with Gasteiger partial charge in [0.05, 0.1) is 5.25 Å². The number of amides is 3. The maximum atomic E-state index is 12.4. The van der Waals surface area contributed by atoms with Crippen molar-refractivity contribution < 1.29 is 9.59 Å². The van der Waals surface area contributed by atoms with Gasteiger partial charge in [0.15, 0.2) is 5.16 Å². The molecular formula is C16H19N5O2S. The van der Waals surface area contributed by atoms with Gasteiger partial charge in [-0.1, -0.05) is 29.5 Å². The molecule has 1 aliphatic rings. The van der Waals surface area contributed by atoms with Crippen molar-refractivity contribution in [2.75, 3.05) is 13.1 Å². The van der Waals surface area contributed by atoms with Gasteiger partial charge in [-0.2, -0.15) is 0 Å². The number of hydrogen-bond donors (Lipinski definition) is 1. The molecule has 1 saturated heterocycles. The molecule has 0 saturated carbocycles. The van der Waals surface area contributed by atoms with Gasteiger partial charge in [-0.25, -0.2) is 4.79 Å². The second kappa shape index (κ2) is 6.64. The first kappa shape index (κ1) is 16.5. The largest absolute Gasteiger partial charge is 0.336 e. The van der Waals surface area contributed by atoms with Crippen LogP contribution in [0.1, 0.15) is 18.3 Å². The van der Waals surface area contributed by atoms with E-state index in [-0.39, 0.29) is 11.9 Å². The third-order valence-corrected chi connectivity index (χ3v) is 4.87. The monoisotopic (exact) mass is 345 g/mol. The van der Waals surface area contributed by atoms with Gasteiger partial charge in [-0.15, -0.1) is 10.2 Å². The molecule has 2 heterocycles. The van der Waals surface area contributed by atoms with Crippen molar-refractivity contribution in [3.05, 3.63) is 35.7 Å². The van der Waals surface area contributed by atoms with Crippen LogP contribution in [-0.4, -0.2) is 49.9 Å². The van der Waals surface area contributed by atoms with Crippen LogP contribution in [0.25, 0.3) is 5.69 Å². The van der Waals surface area contributed by atoms with Crippen molar-refractivity contribution in [3.63, 3.8) is 0 Å². The number of thioether (sulfide) groups is 1. The molecule has 1 N–H and O–H groups in total. The number of carbonyl (C=O) groups excluding carboxylic acids is 2.